The van der Waals surface area contributed by atoms with Gasteiger partial charge in [-0.2, -0.15) is 13.2 Å². The van der Waals surface area contributed by atoms with Crippen molar-refractivity contribution in [1.29, 1.82) is 0 Å². The van der Waals surface area contributed by atoms with Gasteiger partial charge in [-0.15, -0.1) is 23.2 Å². The highest BCUT2D eigenvalue weighted by molar-refractivity contribution is 6.53. The monoisotopic (exact) mass is 407 g/mol. The lowest BCUT2D eigenvalue weighted by atomic mass is 10.1. The molecule has 1 fully saturated rings. The Labute approximate surface area is 151 Å². The van der Waals surface area contributed by atoms with Crippen LogP contribution in [0.5, 0.6) is 0 Å². The van der Waals surface area contributed by atoms with Crippen LogP contribution in [-0.2, 0) is 6.18 Å². The minimum atomic E-state index is -4.53. The molecule has 23 heavy (non-hydrogen) atoms. The van der Waals surface area contributed by atoms with E-state index in [-0.39, 0.29) is 15.7 Å². The van der Waals surface area contributed by atoms with E-state index in [9.17, 15) is 13.2 Å². The maximum atomic E-state index is 12.7. The maximum Gasteiger partial charge on any atom is 0.416 e. The van der Waals surface area contributed by atoms with Crippen molar-refractivity contribution in [2.45, 2.75) is 23.9 Å². The molecule has 1 aliphatic carbocycles. The van der Waals surface area contributed by atoms with E-state index < -0.39 is 21.5 Å². The van der Waals surface area contributed by atoms with Gasteiger partial charge in [-0.05, 0) is 25.5 Å². The van der Waals surface area contributed by atoms with E-state index in [4.69, 9.17) is 46.4 Å². The lowest BCUT2D eigenvalue weighted by Gasteiger charge is -2.20. The predicted molar refractivity (Wildman–Crippen MR) is 88.7 cm³/mol. The number of hydrogen-bond donors (Lipinski definition) is 2. The fraction of sp³-hybridized carbons (Fsp3) is 0.462. The summed E-state index contributed by atoms with van der Waals surface area (Å²) in [5.74, 6) is 0.439. The summed E-state index contributed by atoms with van der Waals surface area (Å²) in [5.41, 5.74) is 4.00. The second-order valence-corrected chi connectivity index (χ2v) is 7.65. The topological polar surface area (TPSA) is 36.4 Å². The summed E-state index contributed by atoms with van der Waals surface area (Å²) >= 11 is 23.9. The van der Waals surface area contributed by atoms with Crippen LogP contribution >= 0.6 is 46.4 Å². The molecular weight excluding hydrogens is 397 g/mol. The van der Waals surface area contributed by atoms with E-state index in [0.717, 1.165) is 12.1 Å². The van der Waals surface area contributed by atoms with Gasteiger partial charge < -0.3 is 0 Å². The molecule has 10 heteroatoms. The normalized spacial score (nSPS) is 23.6. The Morgan fingerprint density at radius 2 is 1.70 bits per heavy atom. The zero-order chi connectivity index (χ0) is 17.6. The van der Waals surface area contributed by atoms with E-state index in [0.29, 0.717) is 12.3 Å². The van der Waals surface area contributed by atoms with Gasteiger partial charge in [-0.1, -0.05) is 23.2 Å². The van der Waals surface area contributed by atoms with Gasteiger partial charge in [0.25, 0.3) is 0 Å². The summed E-state index contributed by atoms with van der Waals surface area (Å²) in [5, 5.41) is -0.367. The van der Waals surface area contributed by atoms with E-state index in [1.165, 1.54) is 7.05 Å². The third-order valence-corrected chi connectivity index (χ3v) is 5.38. The molecule has 0 amide bonds. The Morgan fingerprint density at radius 3 is 2.04 bits per heavy atom. The molecule has 0 bridgehead atoms. The third-order valence-electron chi connectivity index (χ3n) is 3.68. The van der Waals surface area contributed by atoms with E-state index in [1.54, 1.807) is 6.92 Å². The van der Waals surface area contributed by atoms with Crippen LogP contribution < -0.4 is 10.9 Å². The van der Waals surface area contributed by atoms with Gasteiger partial charge in [0.1, 0.15) is 10.2 Å². The van der Waals surface area contributed by atoms with Crippen molar-refractivity contribution in [2.24, 2.45) is 10.4 Å². The minimum absolute atomic E-state index is 0.0986. The number of anilines is 1. The summed E-state index contributed by atoms with van der Waals surface area (Å²) in [7, 11) is 1.54. The van der Waals surface area contributed by atoms with Crippen molar-refractivity contribution in [3.05, 3.63) is 27.7 Å². The number of hydrogen-bond acceptors (Lipinski definition) is 2. The van der Waals surface area contributed by atoms with Crippen molar-refractivity contribution < 1.29 is 13.2 Å². The summed E-state index contributed by atoms with van der Waals surface area (Å²) in [6, 6.07) is 1.57. The first-order chi connectivity index (χ1) is 10.4. The summed E-state index contributed by atoms with van der Waals surface area (Å²) < 4.78 is 37.1. The van der Waals surface area contributed by atoms with Crippen LogP contribution in [0.4, 0.5) is 18.9 Å². The molecule has 3 nitrogen and oxygen atoms in total. The standard InChI is InChI=1S/C13H12Cl4F3N3/c1-11(5-12(11,16)17)10(21-2)23-22-9-7(14)3-6(4-8(9)15)13(18,19)20/h3-4,22H,5H2,1-2H3,(H,21,23). The molecule has 1 aliphatic rings. The second-order valence-electron chi connectivity index (χ2n) is 5.35. The van der Waals surface area contributed by atoms with Gasteiger partial charge in [-0.3, -0.25) is 15.8 Å². The Morgan fingerprint density at radius 1 is 1.22 bits per heavy atom. The molecule has 1 unspecified atom stereocenters. The first kappa shape index (κ1) is 18.8. The molecule has 2 rings (SSSR count). The zero-order valence-electron chi connectivity index (χ0n) is 12.0. The largest absolute Gasteiger partial charge is 0.416 e. The molecule has 1 atom stereocenters. The average Bonchev–Trinajstić information content (AvgIpc) is 2.91. The van der Waals surface area contributed by atoms with Crippen molar-refractivity contribution in [2.75, 3.05) is 12.5 Å². The molecule has 0 saturated heterocycles. The van der Waals surface area contributed by atoms with Crippen LogP contribution in [0.3, 0.4) is 0 Å². The quantitative estimate of drug-likeness (QED) is 0.298. The fourth-order valence-electron chi connectivity index (χ4n) is 2.08. The maximum absolute atomic E-state index is 12.7. The number of nitrogens with one attached hydrogen (secondary N) is 2. The van der Waals surface area contributed by atoms with E-state index >= 15 is 0 Å². The molecule has 0 spiro atoms. The second kappa shape index (κ2) is 6.06. The van der Waals surface area contributed by atoms with Crippen molar-refractivity contribution >= 4 is 57.9 Å². The van der Waals surface area contributed by atoms with Gasteiger partial charge in [-0.25, -0.2) is 0 Å². The molecule has 0 aliphatic heterocycles. The van der Waals surface area contributed by atoms with Crippen LogP contribution in [-0.4, -0.2) is 17.2 Å². The van der Waals surface area contributed by atoms with Crippen molar-refractivity contribution in [1.82, 2.24) is 5.43 Å². The van der Waals surface area contributed by atoms with Crippen LogP contribution in [0.15, 0.2) is 17.1 Å². The van der Waals surface area contributed by atoms with Gasteiger partial charge in [0, 0.05) is 7.05 Å². The lowest BCUT2D eigenvalue weighted by Crippen LogP contribution is -2.37. The molecule has 0 heterocycles. The smallest absolute Gasteiger partial charge is 0.297 e. The molecule has 0 aromatic heterocycles. The Hall–Kier alpha value is -0.560. The number of benzene rings is 1. The number of halogens is 7. The molecular formula is C13H12Cl4F3N3. The van der Waals surface area contributed by atoms with Gasteiger partial charge in [0.05, 0.1) is 26.7 Å². The van der Waals surface area contributed by atoms with Crippen molar-refractivity contribution in [3.8, 4) is 0 Å². The van der Waals surface area contributed by atoms with Crippen LogP contribution in [0, 0.1) is 5.41 Å². The first-order valence-electron chi connectivity index (χ1n) is 6.36. The molecule has 1 aromatic carbocycles. The highest BCUT2D eigenvalue weighted by Crippen LogP contribution is 2.64. The molecule has 1 saturated carbocycles. The number of aliphatic imine (C=N–C) groups is 1. The van der Waals surface area contributed by atoms with Crippen LogP contribution in [0.2, 0.25) is 10.0 Å². The van der Waals surface area contributed by atoms with E-state index in [1.807, 2.05) is 0 Å². The van der Waals surface area contributed by atoms with Gasteiger partial charge in [0.15, 0.2) is 0 Å². The van der Waals surface area contributed by atoms with Crippen molar-refractivity contribution in [3.63, 3.8) is 0 Å². The Kier molecular flexibility index (Phi) is 4.95. The fourth-order valence-corrected chi connectivity index (χ4v) is 3.37. The SMILES string of the molecule is CN=C(NNc1c(Cl)cc(C(F)(F)F)cc1Cl)C1(C)CC1(Cl)Cl. The average molecular weight is 409 g/mol. The minimum Gasteiger partial charge on any atom is -0.297 e. The number of alkyl halides is 5. The third kappa shape index (κ3) is 3.60. The Balaban J connectivity index is 2.19. The molecule has 2 N–H and O–H groups in total. The van der Waals surface area contributed by atoms with Gasteiger partial charge >= 0.3 is 6.18 Å². The molecule has 0 radical (unpaired) electrons. The zero-order valence-corrected chi connectivity index (χ0v) is 15.0. The first-order valence-corrected chi connectivity index (χ1v) is 7.87. The lowest BCUT2D eigenvalue weighted by molar-refractivity contribution is -0.137. The summed E-state index contributed by atoms with van der Waals surface area (Å²) in [6.45, 7) is 1.81. The number of nitrogens with zero attached hydrogens (tertiary/aromatic N) is 1. The number of amidine groups is 1. The summed E-state index contributed by atoms with van der Waals surface area (Å²) in [4.78, 5) is 4.06. The van der Waals surface area contributed by atoms with Gasteiger partial charge in [0.2, 0.25) is 0 Å². The highest BCUT2D eigenvalue weighted by Gasteiger charge is 2.66. The predicted octanol–water partition coefficient (Wildman–Crippen LogP) is 5.54. The Bertz CT molecular complexity index is 637. The molecule has 128 valence electrons. The summed E-state index contributed by atoms with van der Waals surface area (Å²) in [6.07, 6.45) is -4.05. The van der Waals surface area contributed by atoms with Crippen LogP contribution in [0.1, 0.15) is 18.9 Å². The van der Waals surface area contributed by atoms with Crippen LogP contribution in [0.25, 0.3) is 0 Å². The number of hydrazine groups is 1. The highest BCUT2D eigenvalue weighted by atomic mass is 35.5. The number of rotatable bonds is 3. The molecule has 1 aromatic rings. The van der Waals surface area contributed by atoms with E-state index in [2.05, 4.69) is 15.8 Å².